The number of aliphatic hydroxyl groups is 1. The summed E-state index contributed by atoms with van der Waals surface area (Å²) < 4.78 is 0. The molecule has 1 saturated heterocycles. The molecule has 2 nitrogen and oxygen atoms in total. The van der Waals surface area contributed by atoms with Crippen molar-refractivity contribution >= 4 is 0 Å². The Bertz CT molecular complexity index is 166. The first-order valence-electron chi connectivity index (χ1n) is 4.45. The van der Waals surface area contributed by atoms with Crippen LogP contribution in [0.2, 0.25) is 0 Å². The van der Waals surface area contributed by atoms with Crippen molar-refractivity contribution in [2.45, 2.75) is 44.8 Å². The van der Waals surface area contributed by atoms with Gasteiger partial charge in [0.1, 0.15) is 0 Å². The number of rotatable bonds is 0. The van der Waals surface area contributed by atoms with Gasteiger partial charge in [0, 0.05) is 12.1 Å². The Balaban J connectivity index is 2.09. The van der Waals surface area contributed by atoms with Crippen LogP contribution in [0.4, 0.5) is 0 Å². The minimum atomic E-state index is -0.0752. The second kappa shape index (κ2) is 1.99. The molecule has 1 aliphatic heterocycles. The van der Waals surface area contributed by atoms with Crippen LogP contribution in [0.25, 0.3) is 0 Å². The fourth-order valence-electron chi connectivity index (χ4n) is 2.62. The lowest BCUT2D eigenvalue weighted by Crippen LogP contribution is -2.38. The van der Waals surface area contributed by atoms with Gasteiger partial charge >= 0.3 is 0 Å². The summed E-state index contributed by atoms with van der Waals surface area (Å²) in [4.78, 5) is 0. The van der Waals surface area contributed by atoms with E-state index in [0.29, 0.717) is 11.0 Å². The molecule has 1 aliphatic carbocycles. The van der Waals surface area contributed by atoms with Crippen LogP contribution >= 0.6 is 0 Å². The van der Waals surface area contributed by atoms with Crippen molar-refractivity contribution in [3.63, 3.8) is 0 Å². The van der Waals surface area contributed by atoms with Gasteiger partial charge in [-0.3, -0.25) is 0 Å². The second-order valence-electron chi connectivity index (χ2n) is 5.04. The molecule has 0 aromatic rings. The Morgan fingerprint density at radius 3 is 2.45 bits per heavy atom. The largest absolute Gasteiger partial charge is 0.393 e. The lowest BCUT2D eigenvalue weighted by Gasteiger charge is -2.37. The Morgan fingerprint density at radius 1 is 1.36 bits per heavy atom. The van der Waals surface area contributed by atoms with Crippen molar-refractivity contribution in [2.24, 2.45) is 5.41 Å². The highest BCUT2D eigenvalue weighted by molar-refractivity contribution is 5.10. The van der Waals surface area contributed by atoms with Gasteiger partial charge in [0.2, 0.25) is 0 Å². The van der Waals surface area contributed by atoms with E-state index in [-0.39, 0.29) is 6.10 Å². The summed E-state index contributed by atoms with van der Waals surface area (Å²) in [6.45, 7) is 5.61. The van der Waals surface area contributed by atoms with Gasteiger partial charge in [-0.05, 0) is 24.7 Å². The molecule has 2 rings (SSSR count). The van der Waals surface area contributed by atoms with Crippen LogP contribution in [0.5, 0.6) is 0 Å². The molecule has 2 atom stereocenters. The van der Waals surface area contributed by atoms with E-state index in [1.165, 1.54) is 6.42 Å². The molecule has 11 heavy (non-hydrogen) atoms. The quantitative estimate of drug-likeness (QED) is 0.510. The second-order valence-corrected chi connectivity index (χ2v) is 5.04. The van der Waals surface area contributed by atoms with Crippen LogP contribution in [0.3, 0.4) is 0 Å². The van der Waals surface area contributed by atoms with Crippen molar-refractivity contribution in [1.29, 1.82) is 0 Å². The van der Waals surface area contributed by atoms with E-state index >= 15 is 0 Å². The number of aliphatic hydroxyl groups excluding tert-OH is 1. The third kappa shape index (κ3) is 1.42. The maximum absolute atomic E-state index is 9.58. The van der Waals surface area contributed by atoms with Gasteiger partial charge in [0.05, 0.1) is 6.10 Å². The summed E-state index contributed by atoms with van der Waals surface area (Å²) >= 11 is 0. The monoisotopic (exact) mass is 155 g/mol. The van der Waals surface area contributed by atoms with Crippen LogP contribution in [-0.4, -0.2) is 23.3 Å². The number of nitrogens with one attached hydrogen (secondary N) is 1. The molecule has 0 amide bonds. The molecular weight excluding hydrogens is 138 g/mol. The fraction of sp³-hybridized carbons (Fsp3) is 1.00. The highest BCUT2D eigenvalue weighted by Gasteiger charge is 2.50. The van der Waals surface area contributed by atoms with Crippen molar-refractivity contribution in [1.82, 2.24) is 5.32 Å². The third-order valence-corrected chi connectivity index (χ3v) is 2.91. The first kappa shape index (κ1) is 7.56. The Kier molecular flexibility index (Phi) is 1.37. The van der Waals surface area contributed by atoms with E-state index in [0.717, 1.165) is 19.4 Å². The summed E-state index contributed by atoms with van der Waals surface area (Å²) in [5.74, 6) is 0. The van der Waals surface area contributed by atoms with Crippen molar-refractivity contribution < 1.29 is 5.11 Å². The average Bonchev–Trinajstić information content (AvgIpc) is 2.41. The molecule has 2 heteroatoms. The van der Waals surface area contributed by atoms with Gasteiger partial charge in [0.15, 0.2) is 0 Å². The van der Waals surface area contributed by atoms with Gasteiger partial charge in [-0.2, -0.15) is 0 Å². The third-order valence-electron chi connectivity index (χ3n) is 2.91. The predicted molar refractivity (Wildman–Crippen MR) is 44.4 cm³/mol. The fourth-order valence-corrected chi connectivity index (χ4v) is 2.62. The zero-order valence-corrected chi connectivity index (χ0v) is 7.35. The Morgan fingerprint density at radius 2 is 2.00 bits per heavy atom. The van der Waals surface area contributed by atoms with E-state index in [4.69, 9.17) is 0 Å². The molecule has 1 saturated carbocycles. The number of hydrogen-bond acceptors (Lipinski definition) is 2. The van der Waals surface area contributed by atoms with Crippen LogP contribution < -0.4 is 5.32 Å². The summed E-state index contributed by atoms with van der Waals surface area (Å²) in [5, 5.41) is 13.0. The van der Waals surface area contributed by atoms with Gasteiger partial charge in [0.25, 0.3) is 0 Å². The molecular formula is C9H17NO. The summed E-state index contributed by atoms with van der Waals surface area (Å²) in [6.07, 6.45) is 3.10. The molecule has 0 aromatic carbocycles. The minimum Gasteiger partial charge on any atom is -0.393 e. The zero-order chi connectivity index (χ0) is 8.11. The van der Waals surface area contributed by atoms with Crippen LogP contribution in [0.1, 0.15) is 33.1 Å². The van der Waals surface area contributed by atoms with Gasteiger partial charge in [-0.1, -0.05) is 13.8 Å². The van der Waals surface area contributed by atoms with E-state index in [1.54, 1.807) is 0 Å². The average molecular weight is 155 g/mol. The predicted octanol–water partition coefficient (Wildman–Crippen LogP) is 0.899. The van der Waals surface area contributed by atoms with E-state index in [2.05, 4.69) is 19.2 Å². The number of hydrogen-bond donors (Lipinski definition) is 2. The smallest absolute Gasteiger partial charge is 0.0563 e. The molecule has 2 unspecified atom stereocenters. The zero-order valence-electron chi connectivity index (χ0n) is 7.35. The lowest BCUT2D eigenvalue weighted by molar-refractivity contribution is 0.0471. The molecule has 2 aliphatic rings. The molecule has 1 spiro atoms. The van der Waals surface area contributed by atoms with Crippen LogP contribution in [0, 0.1) is 5.41 Å². The minimum absolute atomic E-state index is 0.0752. The van der Waals surface area contributed by atoms with E-state index in [9.17, 15) is 5.11 Å². The normalized spacial score (nSPS) is 47.7. The molecule has 0 radical (unpaired) electrons. The van der Waals surface area contributed by atoms with Crippen molar-refractivity contribution in [3.05, 3.63) is 0 Å². The summed E-state index contributed by atoms with van der Waals surface area (Å²) in [6, 6.07) is 0. The highest BCUT2D eigenvalue weighted by atomic mass is 16.3. The van der Waals surface area contributed by atoms with Gasteiger partial charge < -0.3 is 10.4 Å². The molecule has 0 bridgehead atoms. The maximum Gasteiger partial charge on any atom is 0.0563 e. The Hall–Kier alpha value is -0.0800. The van der Waals surface area contributed by atoms with Crippen LogP contribution in [0.15, 0.2) is 0 Å². The molecule has 64 valence electrons. The van der Waals surface area contributed by atoms with Gasteiger partial charge in [-0.15, -0.1) is 0 Å². The van der Waals surface area contributed by atoms with Gasteiger partial charge in [-0.25, -0.2) is 0 Å². The molecule has 2 N–H and O–H groups in total. The summed E-state index contributed by atoms with van der Waals surface area (Å²) in [5.41, 5.74) is 0.669. The first-order chi connectivity index (χ1) is 5.02. The topological polar surface area (TPSA) is 42.2 Å². The highest BCUT2D eigenvalue weighted by Crippen LogP contribution is 2.45. The van der Waals surface area contributed by atoms with Crippen molar-refractivity contribution in [3.8, 4) is 0 Å². The molecule has 2 fully saturated rings. The molecule has 0 aromatic heterocycles. The Labute approximate surface area is 68.0 Å². The van der Waals surface area contributed by atoms with Crippen molar-refractivity contribution in [2.75, 3.05) is 6.54 Å². The lowest BCUT2D eigenvalue weighted by atomic mass is 9.70. The van der Waals surface area contributed by atoms with E-state index in [1.807, 2.05) is 0 Å². The summed E-state index contributed by atoms with van der Waals surface area (Å²) in [7, 11) is 0. The maximum atomic E-state index is 9.58. The SMILES string of the molecule is CC1(C)CC(O)CC2(CN2)C1. The molecule has 1 heterocycles. The first-order valence-corrected chi connectivity index (χ1v) is 4.45. The van der Waals surface area contributed by atoms with E-state index < -0.39 is 0 Å². The van der Waals surface area contributed by atoms with Crippen LogP contribution in [-0.2, 0) is 0 Å². The standard InChI is InChI=1S/C9H17NO/c1-8(2)3-7(11)4-9(5-8)6-10-9/h7,10-11H,3-6H2,1-2H3.